The van der Waals surface area contributed by atoms with Gasteiger partial charge in [-0.15, -0.1) is 11.8 Å². The zero-order valence-corrected chi connectivity index (χ0v) is 14.9. The van der Waals surface area contributed by atoms with Gasteiger partial charge in [0.05, 0.1) is 5.56 Å². The number of hydrogen-bond acceptors (Lipinski definition) is 4. The van der Waals surface area contributed by atoms with Crippen molar-refractivity contribution < 1.29 is 4.74 Å². The molecule has 120 valence electrons. The highest BCUT2D eigenvalue weighted by molar-refractivity contribution is 7.98. The van der Waals surface area contributed by atoms with Crippen molar-refractivity contribution >= 4 is 23.4 Å². The molecule has 0 spiro atoms. The third-order valence-electron chi connectivity index (χ3n) is 4.02. The summed E-state index contributed by atoms with van der Waals surface area (Å²) in [5.41, 5.74) is 4.39. The van der Waals surface area contributed by atoms with E-state index in [0.29, 0.717) is 16.7 Å². The lowest BCUT2D eigenvalue weighted by molar-refractivity contribution is 0.435. The van der Waals surface area contributed by atoms with Crippen LogP contribution in [-0.4, -0.2) is 16.2 Å². The lowest BCUT2D eigenvalue weighted by atomic mass is 10.0. The molecule has 2 heterocycles. The lowest BCUT2D eigenvalue weighted by Crippen LogP contribution is -2.09. The van der Waals surface area contributed by atoms with Crippen molar-refractivity contribution in [1.82, 2.24) is 9.97 Å². The largest absolute Gasteiger partial charge is 0.438 e. The van der Waals surface area contributed by atoms with Crippen LogP contribution < -0.4 is 4.74 Å². The summed E-state index contributed by atoms with van der Waals surface area (Å²) in [5.74, 6) is 2.18. The second kappa shape index (κ2) is 6.11. The summed E-state index contributed by atoms with van der Waals surface area (Å²) < 4.78 is 6.07. The molecule has 0 fully saturated rings. The number of fused-ring (bicyclic) bond motifs is 2. The SMILES string of the molecule is CSc1nc(-c2ccc(Cl)cc2)nc2c1Cc1cc(C)ccc1O2. The Morgan fingerprint density at radius 3 is 2.62 bits per heavy atom. The van der Waals surface area contributed by atoms with E-state index in [1.165, 1.54) is 11.1 Å². The van der Waals surface area contributed by atoms with Crippen LogP contribution in [-0.2, 0) is 6.42 Å². The average molecular weight is 355 g/mol. The maximum atomic E-state index is 6.07. The standard InChI is InChI=1S/C19H15ClN2OS/c1-11-3-8-16-13(9-11)10-15-18(23-16)21-17(22-19(15)24-2)12-4-6-14(20)7-5-12/h3-9H,10H2,1-2H3. The second-order valence-corrected chi connectivity index (χ2v) is 6.97. The minimum absolute atomic E-state index is 0.649. The molecule has 0 radical (unpaired) electrons. The Morgan fingerprint density at radius 2 is 1.88 bits per heavy atom. The van der Waals surface area contributed by atoms with Gasteiger partial charge in [0.2, 0.25) is 5.88 Å². The molecule has 2 aromatic carbocycles. The molecule has 0 bridgehead atoms. The van der Waals surface area contributed by atoms with Crippen molar-refractivity contribution in [3.63, 3.8) is 0 Å². The second-order valence-electron chi connectivity index (χ2n) is 5.74. The van der Waals surface area contributed by atoms with Gasteiger partial charge in [0.15, 0.2) is 5.82 Å². The van der Waals surface area contributed by atoms with Crippen LogP contribution in [0.3, 0.4) is 0 Å². The van der Waals surface area contributed by atoms with Crippen LogP contribution in [0.2, 0.25) is 5.02 Å². The number of aromatic nitrogens is 2. The van der Waals surface area contributed by atoms with Crippen molar-refractivity contribution in [3.05, 3.63) is 64.2 Å². The first-order valence-corrected chi connectivity index (χ1v) is 9.22. The van der Waals surface area contributed by atoms with Gasteiger partial charge >= 0.3 is 0 Å². The maximum Gasteiger partial charge on any atom is 0.227 e. The summed E-state index contributed by atoms with van der Waals surface area (Å²) in [4.78, 5) is 9.38. The van der Waals surface area contributed by atoms with Gasteiger partial charge in [0.25, 0.3) is 0 Å². The van der Waals surface area contributed by atoms with Crippen LogP contribution in [0.4, 0.5) is 0 Å². The quantitative estimate of drug-likeness (QED) is 0.350. The van der Waals surface area contributed by atoms with Gasteiger partial charge in [-0.1, -0.05) is 29.3 Å². The van der Waals surface area contributed by atoms with Crippen molar-refractivity contribution in [3.8, 4) is 23.0 Å². The number of halogens is 1. The monoisotopic (exact) mass is 354 g/mol. The molecule has 0 saturated carbocycles. The first kappa shape index (κ1) is 15.5. The summed E-state index contributed by atoms with van der Waals surface area (Å²) in [6, 6.07) is 13.8. The third kappa shape index (κ3) is 2.76. The summed E-state index contributed by atoms with van der Waals surface area (Å²) in [7, 11) is 0. The predicted octanol–water partition coefficient (Wildman–Crippen LogP) is 5.52. The van der Waals surface area contributed by atoms with E-state index < -0.39 is 0 Å². The van der Waals surface area contributed by atoms with Crippen LogP contribution in [0.1, 0.15) is 16.7 Å². The van der Waals surface area contributed by atoms with Crippen molar-refractivity contribution in [2.45, 2.75) is 18.4 Å². The van der Waals surface area contributed by atoms with E-state index in [0.717, 1.165) is 28.3 Å². The summed E-state index contributed by atoms with van der Waals surface area (Å²) >= 11 is 7.59. The minimum Gasteiger partial charge on any atom is -0.438 e. The predicted molar refractivity (Wildman–Crippen MR) is 98.3 cm³/mol. The zero-order chi connectivity index (χ0) is 16.7. The van der Waals surface area contributed by atoms with Crippen molar-refractivity contribution in [2.75, 3.05) is 6.26 Å². The molecule has 3 aromatic rings. The van der Waals surface area contributed by atoms with E-state index in [1.54, 1.807) is 11.8 Å². The molecule has 0 saturated heterocycles. The Balaban J connectivity index is 1.82. The highest BCUT2D eigenvalue weighted by Gasteiger charge is 2.23. The fraction of sp³-hybridized carbons (Fsp3) is 0.158. The molecule has 4 rings (SSSR count). The smallest absolute Gasteiger partial charge is 0.227 e. The first-order chi connectivity index (χ1) is 11.6. The van der Waals surface area contributed by atoms with E-state index in [4.69, 9.17) is 21.3 Å². The molecule has 0 aliphatic carbocycles. The van der Waals surface area contributed by atoms with Crippen molar-refractivity contribution in [1.29, 1.82) is 0 Å². The molecule has 0 N–H and O–H groups in total. The number of rotatable bonds is 2. The lowest BCUT2D eigenvalue weighted by Gasteiger charge is -2.21. The number of benzene rings is 2. The summed E-state index contributed by atoms with van der Waals surface area (Å²) in [6.07, 6.45) is 2.82. The molecule has 0 atom stereocenters. The fourth-order valence-electron chi connectivity index (χ4n) is 2.82. The van der Waals surface area contributed by atoms with Gasteiger partial charge in [-0.2, -0.15) is 4.98 Å². The average Bonchev–Trinajstić information content (AvgIpc) is 2.59. The highest BCUT2D eigenvalue weighted by atomic mass is 35.5. The van der Waals surface area contributed by atoms with Crippen LogP contribution in [0.15, 0.2) is 47.5 Å². The Hall–Kier alpha value is -2.04. The minimum atomic E-state index is 0.649. The fourth-order valence-corrected chi connectivity index (χ4v) is 3.53. The van der Waals surface area contributed by atoms with E-state index in [1.807, 2.05) is 36.6 Å². The molecule has 1 aliphatic rings. The van der Waals surface area contributed by atoms with Crippen LogP contribution in [0.5, 0.6) is 11.6 Å². The number of thioether (sulfide) groups is 1. The molecule has 24 heavy (non-hydrogen) atoms. The molecular formula is C19H15ClN2OS. The molecule has 1 aromatic heterocycles. The van der Waals surface area contributed by atoms with E-state index in [2.05, 4.69) is 24.0 Å². The van der Waals surface area contributed by atoms with Gasteiger partial charge in [0, 0.05) is 17.0 Å². The van der Waals surface area contributed by atoms with Gasteiger partial charge in [-0.3, -0.25) is 0 Å². The van der Waals surface area contributed by atoms with Crippen LogP contribution >= 0.6 is 23.4 Å². The van der Waals surface area contributed by atoms with E-state index in [9.17, 15) is 0 Å². The van der Waals surface area contributed by atoms with Gasteiger partial charge < -0.3 is 4.74 Å². The normalized spacial score (nSPS) is 12.3. The molecular weight excluding hydrogens is 340 g/mol. The van der Waals surface area contributed by atoms with Crippen LogP contribution in [0.25, 0.3) is 11.4 Å². The Bertz CT molecular complexity index is 925. The Labute approximate surface area is 150 Å². The highest BCUT2D eigenvalue weighted by Crippen LogP contribution is 2.40. The Kier molecular flexibility index (Phi) is 3.94. The van der Waals surface area contributed by atoms with Gasteiger partial charge in [-0.25, -0.2) is 4.98 Å². The summed E-state index contributed by atoms with van der Waals surface area (Å²) in [6.45, 7) is 2.09. The topological polar surface area (TPSA) is 35.0 Å². The van der Waals surface area contributed by atoms with E-state index >= 15 is 0 Å². The summed E-state index contributed by atoms with van der Waals surface area (Å²) in [5, 5.41) is 1.65. The molecule has 3 nitrogen and oxygen atoms in total. The molecule has 1 aliphatic heterocycles. The third-order valence-corrected chi connectivity index (χ3v) is 4.99. The molecule has 5 heteroatoms. The van der Waals surface area contributed by atoms with Gasteiger partial charge in [0.1, 0.15) is 10.8 Å². The Morgan fingerprint density at radius 1 is 1.08 bits per heavy atom. The van der Waals surface area contributed by atoms with Gasteiger partial charge in [-0.05, 0) is 49.1 Å². The molecule has 0 amide bonds. The van der Waals surface area contributed by atoms with E-state index in [-0.39, 0.29) is 0 Å². The maximum absolute atomic E-state index is 6.07. The number of aryl methyl sites for hydroxylation is 1. The number of nitrogens with zero attached hydrogens (tertiary/aromatic N) is 2. The molecule has 0 unspecified atom stereocenters. The first-order valence-electron chi connectivity index (χ1n) is 7.62. The zero-order valence-electron chi connectivity index (χ0n) is 13.3. The number of hydrogen-bond donors (Lipinski definition) is 0. The van der Waals surface area contributed by atoms with Crippen LogP contribution in [0, 0.1) is 6.92 Å². The van der Waals surface area contributed by atoms with Crippen molar-refractivity contribution in [2.24, 2.45) is 0 Å². The number of ether oxygens (including phenoxy) is 1.